The molecule has 0 radical (unpaired) electrons. The summed E-state index contributed by atoms with van der Waals surface area (Å²) in [5, 5.41) is 2.84. The van der Waals surface area contributed by atoms with E-state index in [0.717, 1.165) is 25.8 Å². The minimum absolute atomic E-state index is 0.0791. The maximum Gasteiger partial charge on any atom is 0.321 e. The van der Waals surface area contributed by atoms with Crippen molar-refractivity contribution in [3.8, 4) is 0 Å². The van der Waals surface area contributed by atoms with Gasteiger partial charge in [0.15, 0.2) is 0 Å². The van der Waals surface area contributed by atoms with Crippen LogP contribution in [0.1, 0.15) is 30.1 Å². The highest BCUT2D eigenvalue weighted by Gasteiger charge is 2.20. The second kappa shape index (κ2) is 5.67. The van der Waals surface area contributed by atoms with Crippen molar-refractivity contribution in [3.63, 3.8) is 0 Å². The summed E-state index contributed by atoms with van der Waals surface area (Å²) < 4.78 is 0. The predicted octanol–water partition coefficient (Wildman–Crippen LogP) is 2.76. The Morgan fingerprint density at radius 2 is 2.33 bits per heavy atom. The van der Waals surface area contributed by atoms with E-state index in [1.54, 1.807) is 24.3 Å². The molecule has 1 aliphatic heterocycles. The van der Waals surface area contributed by atoms with E-state index in [1.165, 1.54) is 6.42 Å². The van der Waals surface area contributed by atoms with Gasteiger partial charge in [0.2, 0.25) is 0 Å². The van der Waals surface area contributed by atoms with Crippen LogP contribution in [0.5, 0.6) is 0 Å². The zero-order valence-corrected chi connectivity index (χ0v) is 10.6. The monoisotopic (exact) mass is 246 g/mol. The number of carbonyl (C=O) groups excluding carboxylic acids is 2. The molecule has 18 heavy (non-hydrogen) atoms. The van der Waals surface area contributed by atoms with Gasteiger partial charge in [0.25, 0.3) is 0 Å². The average molecular weight is 246 g/mol. The molecule has 2 rings (SSSR count). The topological polar surface area (TPSA) is 49.4 Å². The Morgan fingerprint density at radius 3 is 3.06 bits per heavy atom. The van der Waals surface area contributed by atoms with Crippen molar-refractivity contribution < 1.29 is 9.59 Å². The lowest BCUT2D eigenvalue weighted by Gasteiger charge is -2.30. The molecule has 1 aliphatic rings. The van der Waals surface area contributed by atoms with Gasteiger partial charge in [-0.25, -0.2) is 4.79 Å². The molecule has 1 fully saturated rings. The normalized spacial score (nSPS) is 19.4. The number of aldehydes is 1. The summed E-state index contributed by atoms with van der Waals surface area (Å²) in [5.74, 6) is 0.561. The number of nitrogens with zero attached hydrogens (tertiary/aromatic N) is 1. The standard InChI is InChI=1S/C14H18N2O2/c1-11-4-3-7-16(9-11)14(18)15-13-6-2-5-12(8-13)10-17/h2,5-6,8,10-11H,3-4,7,9H2,1H3,(H,15,18). The summed E-state index contributed by atoms with van der Waals surface area (Å²) in [7, 11) is 0. The van der Waals surface area contributed by atoms with Gasteiger partial charge in [0.05, 0.1) is 0 Å². The quantitative estimate of drug-likeness (QED) is 0.816. The molecule has 0 bridgehead atoms. The SMILES string of the molecule is CC1CCCN(C(=O)Nc2cccc(C=O)c2)C1. The van der Waals surface area contributed by atoms with Crippen LogP contribution in [0.4, 0.5) is 10.5 Å². The molecule has 1 saturated heterocycles. The maximum atomic E-state index is 12.0. The molecule has 1 unspecified atom stereocenters. The van der Waals surface area contributed by atoms with Crippen LogP contribution in [0.25, 0.3) is 0 Å². The molecule has 0 aromatic heterocycles. The zero-order chi connectivity index (χ0) is 13.0. The molecule has 1 heterocycles. The smallest absolute Gasteiger partial charge is 0.321 e. The third-order valence-corrected chi connectivity index (χ3v) is 3.22. The van der Waals surface area contributed by atoms with E-state index < -0.39 is 0 Å². The minimum atomic E-state index is -0.0791. The van der Waals surface area contributed by atoms with Crippen molar-refractivity contribution in [2.45, 2.75) is 19.8 Å². The van der Waals surface area contributed by atoms with Gasteiger partial charge in [-0.05, 0) is 30.9 Å². The summed E-state index contributed by atoms with van der Waals surface area (Å²) in [6.07, 6.45) is 3.02. The van der Waals surface area contributed by atoms with Gasteiger partial charge >= 0.3 is 6.03 Å². The number of rotatable bonds is 2. The van der Waals surface area contributed by atoms with Gasteiger partial charge in [0.1, 0.15) is 6.29 Å². The van der Waals surface area contributed by atoms with Crippen LogP contribution in [-0.4, -0.2) is 30.3 Å². The lowest BCUT2D eigenvalue weighted by atomic mass is 10.0. The number of anilines is 1. The van der Waals surface area contributed by atoms with Gasteiger partial charge in [-0.1, -0.05) is 19.1 Å². The highest BCUT2D eigenvalue weighted by molar-refractivity contribution is 5.90. The van der Waals surface area contributed by atoms with E-state index in [4.69, 9.17) is 0 Å². The lowest BCUT2D eigenvalue weighted by Crippen LogP contribution is -2.41. The van der Waals surface area contributed by atoms with Crippen molar-refractivity contribution in [2.75, 3.05) is 18.4 Å². The van der Waals surface area contributed by atoms with Crippen molar-refractivity contribution in [3.05, 3.63) is 29.8 Å². The Morgan fingerprint density at radius 1 is 1.50 bits per heavy atom. The van der Waals surface area contributed by atoms with Crippen LogP contribution in [0.2, 0.25) is 0 Å². The van der Waals surface area contributed by atoms with Crippen LogP contribution >= 0.6 is 0 Å². The van der Waals surface area contributed by atoms with Crippen molar-refractivity contribution in [2.24, 2.45) is 5.92 Å². The molecule has 1 N–H and O–H groups in total. The molecular formula is C14H18N2O2. The van der Waals surface area contributed by atoms with Gasteiger partial charge in [-0.2, -0.15) is 0 Å². The summed E-state index contributed by atoms with van der Waals surface area (Å²) in [6.45, 7) is 3.77. The van der Waals surface area contributed by atoms with E-state index >= 15 is 0 Å². The fraction of sp³-hybridized carbons (Fsp3) is 0.429. The summed E-state index contributed by atoms with van der Waals surface area (Å²) >= 11 is 0. The average Bonchev–Trinajstić information content (AvgIpc) is 2.39. The zero-order valence-electron chi connectivity index (χ0n) is 10.6. The minimum Gasteiger partial charge on any atom is -0.324 e. The van der Waals surface area contributed by atoms with Crippen molar-refractivity contribution >= 4 is 18.0 Å². The first kappa shape index (κ1) is 12.6. The number of carbonyl (C=O) groups is 2. The van der Waals surface area contributed by atoms with E-state index in [9.17, 15) is 9.59 Å². The van der Waals surface area contributed by atoms with Crippen LogP contribution in [0, 0.1) is 5.92 Å². The number of amides is 2. The number of urea groups is 1. The fourth-order valence-electron chi connectivity index (χ4n) is 2.27. The molecular weight excluding hydrogens is 228 g/mol. The third kappa shape index (κ3) is 3.09. The number of hydrogen-bond acceptors (Lipinski definition) is 2. The third-order valence-electron chi connectivity index (χ3n) is 3.22. The molecule has 0 saturated carbocycles. The predicted molar refractivity (Wildman–Crippen MR) is 70.8 cm³/mol. The Hall–Kier alpha value is -1.84. The lowest BCUT2D eigenvalue weighted by molar-refractivity contribution is 0.112. The van der Waals surface area contributed by atoms with Crippen molar-refractivity contribution in [1.82, 2.24) is 4.90 Å². The van der Waals surface area contributed by atoms with Gasteiger partial charge < -0.3 is 10.2 Å². The van der Waals surface area contributed by atoms with Crippen LogP contribution in [-0.2, 0) is 0 Å². The largest absolute Gasteiger partial charge is 0.324 e. The summed E-state index contributed by atoms with van der Waals surface area (Å²) in [6, 6.07) is 6.87. The molecule has 2 amide bonds. The van der Waals surface area contributed by atoms with E-state index in [1.807, 2.05) is 4.90 Å². The number of benzene rings is 1. The van der Waals surface area contributed by atoms with E-state index in [0.29, 0.717) is 17.2 Å². The van der Waals surface area contributed by atoms with Crippen LogP contribution < -0.4 is 5.32 Å². The van der Waals surface area contributed by atoms with Gasteiger partial charge in [-0.15, -0.1) is 0 Å². The van der Waals surface area contributed by atoms with Crippen LogP contribution in [0.3, 0.4) is 0 Å². The Labute approximate surface area is 107 Å². The maximum absolute atomic E-state index is 12.0. The molecule has 4 nitrogen and oxygen atoms in total. The summed E-state index contributed by atoms with van der Waals surface area (Å²) in [5.41, 5.74) is 1.24. The van der Waals surface area contributed by atoms with Crippen molar-refractivity contribution in [1.29, 1.82) is 0 Å². The van der Waals surface area contributed by atoms with Crippen LogP contribution in [0.15, 0.2) is 24.3 Å². The molecule has 0 spiro atoms. The molecule has 1 atom stereocenters. The Balaban J connectivity index is 1.99. The first-order valence-electron chi connectivity index (χ1n) is 6.30. The second-order valence-corrected chi connectivity index (χ2v) is 4.87. The fourth-order valence-corrected chi connectivity index (χ4v) is 2.27. The summed E-state index contributed by atoms with van der Waals surface area (Å²) in [4.78, 5) is 24.5. The first-order chi connectivity index (χ1) is 8.69. The Kier molecular flexibility index (Phi) is 3.97. The highest BCUT2D eigenvalue weighted by Crippen LogP contribution is 2.17. The molecule has 96 valence electrons. The Bertz CT molecular complexity index is 445. The second-order valence-electron chi connectivity index (χ2n) is 4.87. The molecule has 0 aliphatic carbocycles. The number of likely N-dealkylation sites (tertiary alicyclic amines) is 1. The van der Waals surface area contributed by atoms with E-state index in [-0.39, 0.29) is 6.03 Å². The van der Waals surface area contributed by atoms with Gasteiger partial charge in [0, 0.05) is 24.3 Å². The number of piperidine rings is 1. The molecule has 4 heteroatoms. The first-order valence-corrected chi connectivity index (χ1v) is 6.30. The van der Waals surface area contributed by atoms with Gasteiger partial charge in [-0.3, -0.25) is 4.79 Å². The molecule has 1 aromatic carbocycles. The number of nitrogens with one attached hydrogen (secondary N) is 1. The van der Waals surface area contributed by atoms with E-state index in [2.05, 4.69) is 12.2 Å². The number of hydrogen-bond donors (Lipinski definition) is 1. The molecule has 1 aromatic rings. The highest BCUT2D eigenvalue weighted by atomic mass is 16.2.